The zero-order valence-electron chi connectivity index (χ0n) is 17.0. The largest absolute Gasteiger partial charge is 1.00 e. The SMILES string of the molecule is CC(CCn1cnc2c1c(=O)n(C)c(=O)n2C)[NH2+]CCCc1cccc(O)c1.[Cl-]. The quantitative estimate of drug-likeness (QED) is 0.382. The summed E-state index contributed by atoms with van der Waals surface area (Å²) in [6.45, 7) is 3.84. The van der Waals surface area contributed by atoms with Gasteiger partial charge in [0.2, 0.25) is 0 Å². The molecule has 158 valence electrons. The van der Waals surface area contributed by atoms with Gasteiger partial charge in [-0.15, -0.1) is 0 Å². The normalized spacial score (nSPS) is 12.1. The second-order valence-corrected chi connectivity index (χ2v) is 7.38. The van der Waals surface area contributed by atoms with Gasteiger partial charge < -0.3 is 27.4 Å². The first-order valence-corrected chi connectivity index (χ1v) is 9.60. The summed E-state index contributed by atoms with van der Waals surface area (Å²) < 4.78 is 4.37. The third-order valence-corrected chi connectivity index (χ3v) is 5.19. The minimum atomic E-state index is -0.365. The molecule has 0 aliphatic rings. The molecule has 1 atom stereocenters. The van der Waals surface area contributed by atoms with Crippen LogP contribution in [0.4, 0.5) is 0 Å². The van der Waals surface area contributed by atoms with E-state index in [-0.39, 0.29) is 23.7 Å². The minimum Gasteiger partial charge on any atom is -1.00 e. The second kappa shape index (κ2) is 9.76. The van der Waals surface area contributed by atoms with Crippen LogP contribution < -0.4 is 29.0 Å². The average molecular weight is 422 g/mol. The Morgan fingerprint density at radius 1 is 1.21 bits per heavy atom. The highest BCUT2D eigenvalue weighted by atomic mass is 35.5. The highest BCUT2D eigenvalue weighted by Crippen LogP contribution is 2.12. The van der Waals surface area contributed by atoms with Crippen LogP contribution >= 0.6 is 0 Å². The fourth-order valence-electron chi connectivity index (χ4n) is 3.45. The van der Waals surface area contributed by atoms with Gasteiger partial charge in [0.1, 0.15) is 5.75 Å². The third-order valence-electron chi connectivity index (χ3n) is 5.19. The van der Waals surface area contributed by atoms with Crippen LogP contribution in [0.15, 0.2) is 40.2 Å². The Kier molecular flexibility index (Phi) is 7.64. The molecule has 0 saturated carbocycles. The van der Waals surface area contributed by atoms with Crippen LogP contribution in [0.2, 0.25) is 0 Å². The van der Waals surface area contributed by atoms with Crippen molar-refractivity contribution in [3.05, 3.63) is 57.0 Å². The molecule has 1 unspecified atom stereocenters. The summed E-state index contributed by atoms with van der Waals surface area (Å²) in [5.74, 6) is 0.311. The van der Waals surface area contributed by atoms with E-state index < -0.39 is 0 Å². The minimum absolute atomic E-state index is 0. The number of rotatable bonds is 8. The van der Waals surface area contributed by atoms with Gasteiger partial charge in [-0.1, -0.05) is 12.1 Å². The van der Waals surface area contributed by atoms with Crippen LogP contribution in [0.1, 0.15) is 25.3 Å². The van der Waals surface area contributed by atoms with Crippen LogP contribution in [0.25, 0.3) is 11.2 Å². The summed E-state index contributed by atoms with van der Waals surface area (Å²) in [7, 11) is 3.12. The molecule has 29 heavy (non-hydrogen) atoms. The van der Waals surface area contributed by atoms with Gasteiger partial charge in [-0.25, -0.2) is 9.78 Å². The molecule has 2 aromatic heterocycles. The number of aromatic nitrogens is 4. The third kappa shape index (κ3) is 5.07. The van der Waals surface area contributed by atoms with Crippen molar-refractivity contribution in [3.8, 4) is 5.75 Å². The van der Waals surface area contributed by atoms with Gasteiger partial charge >= 0.3 is 5.69 Å². The van der Waals surface area contributed by atoms with E-state index in [0.29, 0.717) is 29.5 Å². The molecule has 2 heterocycles. The van der Waals surface area contributed by atoms with E-state index in [2.05, 4.69) is 17.2 Å². The Morgan fingerprint density at radius 3 is 2.69 bits per heavy atom. The molecule has 0 fully saturated rings. The predicted molar refractivity (Wildman–Crippen MR) is 108 cm³/mol. The molecule has 0 aliphatic carbocycles. The number of fused-ring (bicyclic) bond motifs is 1. The first-order valence-electron chi connectivity index (χ1n) is 9.60. The van der Waals surface area contributed by atoms with E-state index in [1.54, 1.807) is 25.5 Å². The van der Waals surface area contributed by atoms with E-state index in [9.17, 15) is 14.7 Å². The zero-order chi connectivity index (χ0) is 20.3. The summed E-state index contributed by atoms with van der Waals surface area (Å²) in [5.41, 5.74) is 1.37. The number of imidazole rings is 1. The van der Waals surface area contributed by atoms with Gasteiger partial charge in [0.05, 0.1) is 18.9 Å². The maximum atomic E-state index is 12.5. The van der Waals surface area contributed by atoms with E-state index in [1.807, 2.05) is 16.7 Å². The zero-order valence-corrected chi connectivity index (χ0v) is 17.8. The van der Waals surface area contributed by atoms with E-state index >= 15 is 0 Å². The molecule has 0 radical (unpaired) electrons. The van der Waals surface area contributed by atoms with E-state index in [4.69, 9.17) is 0 Å². The van der Waals surface area contributed by atoms with Crippen LogP contribution in [-0.2, 0) is 27.1 Å². The molecule has 8 nitrogen and oxygen atoms in total. The number of nitrogens with zero attached hydrogens (tertiary/aromatic N) is 4. The van der Waals surface area contributed by atoms with Gasteiger partial charge in [0.25, 0.3) is 5.56 Å². The standard InChI is InChI=1S/C20H27N5O3.ClH/c1-14(21-10-5-7-15-6-4-8-16(26)12-15)9-11-25-13-22-18-17(25)19(27)24(3)20(28)23(18)2;/h4,6,8,12-14,21,26H,5,7,9-11H2,1-3H3;1H. The monoisotopic (exact) mass is 421 g/mol. The first kappa shape index (κ1) is 22.7. The lowest BCUT2D eigenvalue weighted by atomic mass is 10.1. The molecule has 0 amide bonds. The molecule has 9 heteroatoms. The van der Waals surface area contributed by atoms with Crippen molar-refractivity contribution in [2.45, 2.75) is 38.8 Å². The lowest BCUT2D eigenvalue weighted by molar-refractivity contribution is -0.687. The molecule has 3 rings (SSSR count). The summed E-state index contributed by atoms with van der Waals surface area (Å²) in [4.78, 5) is 28.7. The van der Waals surface area contributed by atoms with Crippen molar-refractivity contribution in [1.82, 2.24) is 18.7 Å². The number of nitrogens with two attached hydrogens (primary N) is 1. The molecular weight excluding hydrogens is 394 g/mol. The summed E-state index contributed by atoms with van der Waals surface area (Å²) in [5, 5.41) is 11.8. The van der Waals surface area contributed by atoms with Crippen molar-refractivity contribution >= 4 is 11.2 Å². The van der Waals surface area contributed by atoms with Gasteiger partial charge in [-0.05, 0) is 31.0 Å². The number of phenols is 1. The molecular formula is C20H28ClN5O3. The maximum absolute atomic E-state index is 12.5. The number of hydrogen-bond acceptors (Lipinski definition) is 4. The fourth-order valence-corrected chi connectivity index (χ4v) is 3.45. The average Bonchev–Trinajstić information content (AvgIpc) is 3.10. The molecule has 0 saturated heterocycles. The van der Waals surface area contributed by atoms with Crippen LogP contribution in [0.3, 0.4) is 0 Å². The van der Waals surface area contributed by atoms with Gasteiger partial charge in [-0.2, -0.15) is 0 Å². The maximum Gasteiger partial charge on any atom is 0.332 e. The van der Waals surface area contributed by atoms with Crippen LogP contribution in [-0.4, -0.2) is 36.4 Å². The second-order valence-electron chi connectivity index (χ2n) is 7.38. The van der Waals surface area contributed by atoms with Gasteiger partial charge in [0, 0.05) is 33.5 Å². The smallest absolute Gasteiger partial charge is 0.332 e. The fraction of sp³-hybridized carbons (Fsp3) is 0.450. The number of benzene rings is 1. The van der Waals surface area contributed by atoms with Gasteiger partial charge in [-0.3, -0.25) is 13.9 Å². The number of phenolic OH excluding ortho intramolecular Hbond substituents is 1. The molecule has 3 aromatic rings. The van der Waals surface area contributed by atoms with E-state index in [0.717, 1.165) is 35.9 Å². The molecule has 0 aliphatic heterocycles. The highest BCUT2D eigenvalue weighted by Gasteiger charge is 2.15. The summed E-state index contributed by atoms with van der Waals surface area (Å²) in [6, 6.07) is 7.79. The Hall–Kier alpha value is -2.58. The lowest BCUT2D eigenvalue weighted by Crippen LogP contribution is -3.00. The number of aromatic hydroxyl groups is 1. The van der Waals surface area contributed by atoms with Crippen molar-refractivity contribution in [1.29, 1.82) is 0 Å². The Morgan fingerprint density at radius 2 is 1.97 bits per heavy atom. The van der Waals surface area contributed by atoms with Gasteiger partial charge in [0.15, 0.2) is 11.2 Å². The topological polar surface area (TPSA) is 98.7 Å². The molecule has 0 spiro atoms. The van der Waals surface area contributed by atoms with E-state index in [1.165, 1.54) is 11.6 Å². The molecule has 0 bridgehead atoms. The van der Waals surface area contributed by atoms with Crippen molar-refractivity contribution in [3.63, 3.8) is 0 Å². The number of aryl methyl sites for hydroxylation is 3. The number of hydrogen-bond donors (Lipinski definition) is 2. The Bertz CT molecular complexity index is 1090. The van der Waals surface area contributed by atoms with Crippen LogP contribution in [0.5, 0.6) is 5.75 Å². The lowest BCUT2D eigenvalue weighted by Gasteiger charge is -2.12. The predicted octanol–water partition coefficient (Wildman–Crippen LogP) is -2.88. The Labute approximate surface area is 175 Å². The summed E-state index contributed by atoms with van der Waals surface area (Å²) in [6.07, 6.45) is 4.50. The summed E-state index contributed by atoms with van der Waals surface area (Å²) >= 11 is 0. The molecule has 1 aromatic carbocycles. The van der Waals surface area contributed by atoms with Crippen molar-refractivity contribution in [2.75, 3.05) is 6.54 Å². The van der Waals surface area contributed by atoms with Crippen molar-refractivity contribution in [2.24, 2.45) is 14.1 Å². The highest BCUT2D eigenvalue weighted by molar-refractivity contribution is 5.69. The molecule has 3 N–H and O–H groups in total. The van der Waals surface area contributed by atoms with Crippen LogP contribution in [0, 0.1) is 0 Å². The first-order chi connectivity index (χ1) is 13.4. The van der Waals surface area contributed by atoms with Crippen molar-refractivity contribution < 1.29 is 22.8 Å². The number of halogens is 1. The Balaban J connectivity index is 0.00000300. The number of quaternary nitrogens is 1.